The molecule has 4 rings (SSSR count). The third-order valence-corrected chi connectivity index (χ3v) is 4.99. The highest BCUT2D eigenvalue weighted by atomic mass is 16.5. The zero-order valence-corrected chi connectivity index (χ0v) is 13.2. The van der Waals surface area contributed by atoms with Crippen LogP contribution >= 0.6 is 0 Å². The Morgan fingerprint density at radius 2 is 2.05 bits per heavy atom. The van der Waals surface area contributed by atoms with E-state index < -0.39 is 0 Å². The number of nitrogens with zero attached hydrogens (tertiary/aromatic N) is 3. The highest BCUT2D eigenvalue weighted by Gasteiger charge is 2.42. The minimum absolute atomic E-state index is 0.129. The summed E-state index contributed by atoms with van der Waals surface area (Å²) in [5.41, 5.74) is 3.05. The van der Waals surface area contributed by atoms with Crippen LogP contribution < -0.4 is 5.32 Å². The van der Waals surface area contributed by atoms with Crippen LogP contribution in [0.1, 0.15) is 43.4 Å². The molecule has 1 aliphatic carbocycles. The van der Waals surface area contributed by atoms with Crippen molar-refractivity contribution in [2.24, 2.45) is 0 Å². The first-order valence-electron chi connectivity index (χ1n) is 8.15. The lowest BCUT2D eigenvalue weighted by atomic mass is 9.96. The number of hydrogen-bond donors (Lipinski definition) is 1. The molecule has 1 saturated carbocycles. The van der Waals surface area contributed by atoms with Crippen LogP contribution in [0, 0.1) is 13.8 Å². The molecule has 0 bridgehead atoms. The molecular formula is C17H22N4O. The Bertz CT molecular complexity index is 709. The molecule has 1 aliphatic heterocycles. The number of anilines is 1. The Balaban J connectivity index is 1.62. The zero-order chi connectivity index (χ0) is 15.2. The van der Waals surface area contributed by atoms with Gasteiger partial charge in [0.2, 0.25) is 0 Å². The van der Waals surface area contributed by atoms with Crippen LogP contribution in [0.25, 0.3) is 11.0 Å². The number of nitrogens with one attached hydrogen (secondary N) is 1. The third-order valence-electron chi connectivity index (χ3n) is 4.99. The van der Waals surface area contributed by atoms with Crippen LogP contribution in [0.5, 0.6) is 0 Å². The second-order valence-electron chi connectivity index (χ2n) is 6.75. The topological polar surface area (TPSA) is 59.9 Å². The summed E-state index contributed by atoms with van der Waals surface area (Å²) in [5.74, 6) is 0.888. The molecule has 2 fully saturated rings. The van der Waals surface area contributed by atoms with Crippen molar-refractivity contribution >= 4 is 16.9 Å². The van der Waals surface area contributed by atoms with Gasteiger partial charge in [-0.1, -0.05) is 12.8 Å². The summed E-state index contributed by atoms with van der Waals surface area (Å²) in [6.45, 7) is 4.86. The molecule has 0 amide bonds. The summed E-state index contributed by atoms with van der Waals surface area (Å²) in [6, 6.07) is 2.41. The van der Waals surface area contributed by atoms with E-state index in [1.165, 1.54) is 31.2 Å². The molecule has 5 heteroatoms. The second-order valence-corrected chi connectivity index (χ2v) is 6.75. The molecule has 2 aromatic rings. The van der Waals surface area contributed by atoms with E-state index in [2.05, 4.69) is 33.3 Å². The average molecular weight is 298 g/mol. The fraction of sp³-hybridized carbons (Fsp3) is 0.588. The smallest absolute Gasteiger partial charge is 0.165 e. The fourth-order valence-electron chi connectivity index (χ4n) is 4.02. The number of fused-ring (bicyclic) bond motifs is 1. The fourth-order valence-corrected chi connectivity index (χ4v) is 4.02. The second kappa shape index (κ2) is 5.16. The Morgan fingerprint density at radius 3 is 2.86 bits per heavy atom. The summed E-state index contributed by atoms with van der Waals surface area (Å²) in [6.07, 6.45) is 7.68. The van der Waals surface area contributed by atoms with Crippen LogP contribution in [0.15, 0.2) is 12.4 Å². The van der Waals surface area contributed by atoms with E-state index in [0.29, 0.717) is 6.04 Å². The van der Waals surface area contributed by atoms with Crippen LogP contribution in [-0.4, -0.2) is 33.2 Å². The summed E-state index contributed by atoms with van der Waals surface area (Å²) < 4.78 is 6.13. The quantitative estimate of drug-likeness (QED) is 0.923. The molecular weight excluding hydrogens is 276 g/mol. The van der Waals surface area contributed by atoms with Crippen molar-refractivity contribution < 1.29 is 4.74 Å². The largest absolute Gasteiger partial charge is 0.373 e. The van der Waals surface area contributed by atoms with E-state index in [4.69, 9.17) is 4.74 Å². The molecule has 3 heterocycles. The summed E-state index contributed by atoms with van der Waals surface area (Å²) in [5, 5.41) is 4.61. The molecule has 1 N–H and O–H groups in total. The number of aryl methyl sites for hydroxylation is 2. The molecule has 1 spiro atoms. The van der Waals surface area contributed by atoms with Gasteiger partial charge in [0.1, 0.15) is 12.1 Å². The normalized spacial score (nSPS) is 23.5. The van der Waals surface area contributed by atoms with Crippen molar-refractivity contribution in [1.29, 1.82) is 0 Å². The Kier molecular flexibility index (Phi) is 3.26. The lowest BCUT2D eigenvalue weighted by molar-refractivity contribution is 0.0103. The molecule has 5 nitrogen and oxygen atoms in total. The molecule has 22 heavy (non-hydrogen) atoms. The molecule has 0 radical (unpaired) electrons. The molecule has 1 atom stereocenters. The van der Waals surface area contributed by atoms with E-state index in [1.807, 2.05) is 6.92 Å². The van der Waals surface area contributed by atoms with Gasteiger partial charge in [-0.15, -0.1) is 0 Å². The highest BCUT2D eigenvalue weighted by Crippen LogP contribution is 2.41. The summed E-state index contributed by atoms with van der Waals surface area (Å²) >= 11 is 0. The first-order valence-corrected chi connectivity index (χ1v) is 8.15. The molecule has 2 aliphatic rings. The molecule has 0 aromatic carbocycles. The highest BCUT2D eigenvalue weighted by molar-refractivity contribution is 5.89. The summed E-state index contributed by atoms with van der Waals surface area (Å²) in [7, 11) is 0. The number of hydrogen-bond acceptors (Lipinski definition) is 5. The number of ether oxygens (including phenoxy) is 1. The maximum atomic E-state index is 6.13. The minimum Gasteiger partial charge on any atom is -0.373 e. The lowest BCUT2D eigenvalue weighted by Gasteiger charge is -2.21. The van der Waals surface area contributed by atoms with Gasteiger partial charge < -0.3 is 10.1 Å². The number of rotatable bonds is 2. The van der Waals surface area contributed by atoms with Gasteiger partial charge in [0.15, 0.2) is 5.65 Å². The first kappa shape index (κ1) is 13.9. The third kappa shape index (κ3) is 2.33. The SMILES string of the molecule is Cc1cc(C)c2c(N[C@H]3COC4(CCCC4)C3)ncnc2n1. The number of pyridine rings is 1. The molecule has 116 valence electrons. The van der Waals surface area contributed by atoms with E-state index in [-0.39, 0.29) is 5.60 Å². The Labute approximate surface area is 130 Å². The van der Waals surface area contributed by atoms with Crippen LogP contribution in [-0.2, 0) is 4.74 Å². The van der Waals surface area contributed by atoms with E-state index >= 15 is 0 Å². The molecule has 0 unspecified atom stereocenters. The van der Waals surface area contributed by atoms with Crippen molar-refractivity contribution in [2.45, 2.75) is 57.6 Å². The van der Waals surface area contributed by atoms with Gasteiger partial charge in [-0.2, -0.15) is 0 Å². The van der Waals surface area contributed by atoms with Crippen molar-refractivity contribution in [2.75, 3.05) is 11.9 Å². The van der Waals surface area contributed by atoms with Crippen LogP contribution in [0.4, 0.5) is 5.82 Å². The van der Waals surface area contributed by atoms with Crippen molar-refractivity contribution in [1.82, 2.24) is 15.0 Å². The minimum atomic E-state index is 0.129. The van der Waals surface area contributed by atoms with E-state index in [9.17, 15) is 0 Å². The predicted molar refractivity (Wildman–Crippen MR) is 86.0 cm³/mol. The van der Waals surface area contributed by atoms with Gasteiger partial charge in [-0.25, -0.2) is 15.0 Å². The summed E-state index contributed by atoms with van der Waals surface area (Å²) in [4.78, 5) is 13.3. The van der Waals surface area contributed by atoms with Gasteiger partial charge >= 0.3 is 0 Å². The maximum Gasteiger partial charge on any atom is 0.165 e. The van der Waals surface area contributed by atoms with Gasteiger partial charge in [0.25, 0.3) is 0 Å². The van der Waals surface area contributed by atoms with E-state index in [0.717, 1.165) is 35.6 Å². The maximum absolute atomic E-state index is 6.13. The van der Waals surface area contributed by atoms with Crippen molar-refractivity contribution in [3.05, 3.63) is 23.7 Å². The molecule has 1 saturated heterocycles. The average Bonchev–Trinajstić information content (AvgIpc) is 3.09. The molecule has 2 aromatic heterocycles. The van der Waals surface area contributed by atoms with Crippen LogP contribution in [0.3, 0.4) is 0 Å². The predicted octanol–water partition coefficient (Wildman–Crippen LogP) is 3.16. The van der Waals surface area contributed by atoms with Gasteiger partial charge in [-0.3, -0.25) is 0 Å². The standard InChI is InChI=1S/C17H22N4O/c1-11-7-12(2)20-15-14(11)16(19-10-18-15)21-13-8-17(22-9-13)5-3-4-6-17/h7,10,13H,3-6,8-9H2,1-2H3,(H,18,19,20,21)/t13-/m1/s1. The Morgan fingerprint density at radius 1 is 1.23 bits per heavy atom. The first-order chi connectivity index (χ1) is 10.7. The Hall–Kier alpha value is -1.75. The van der Waals surface area contributed by atoms with Gasteiger partial charge in [-0.05, 0) is 44.7 Å². The number of aromatic nitrogens is 3. The van der Waals surface area contributed by atoms with Gasteiger partial charge in [0.05, 0.1) is 23.6 Å². The zero-order valence-electron chi connectivity index (χ0n) is 13.2. The lowest BCUT2D eigenvalue weighted by Crippen LogP contribution is -2.25. The van der Waals surface area contributed by atoms with Crippen molar-refractivity contribution in [3.63, 3.8) is 0 Å². The van der Waals surface area contributed by atoms with Crippen molar-refractivity contribution in [3.8, 4) is 0 Å². The van der Waals surface area contributed by atoms with E-state index in [1.54, 1.807) is 6.33 Å². The monoisotopic (exact) mass is 298 g/mol. The van der Waals surface area contributed by atoms with Gasteiger partial charge in [0, 0.05) is 5.69 Å². The van der Waals surface area contributed by atoms with Crippen LogP contribution in [0.2, 0.25) is 0 Å².